The van der Waals surface area contributed by atoms with E-state index in [1.165, 1.54) is 5.56 Å². The number of hydrogen-bond donors (Lipinski definition) is 2. The molecule has 148 valence electrons. The molecule has 0 spiro atoms. The number of rotatable bonds is 8. The fourth-order valence-corrected chi connectivity index (χ4v) is 3.85. The van der Waals surface area contributed by atoms with Crippen LogP contribution in [0.4, 0.5) is 5.69 Å². The van der Waals surface area contributed by atoms with Crippen LogP contribution in [-0.2, 0) is 15.3 Å². The van der Waals surface area contributed by atoms with Gasteiger partial charge in [-0.15, -0.1) is 11.8 Å². The first kappa shape index (κ1) is 20.4. The molecule has 2 unspecified atom stereocenters. The lowest BCUT2D eigenvalue weighted by molar-refractivity contribution is -0.115. The Labute approximate surface area is 170 Å². The zero-order chi connectivity index (χ0) is 19.8. The minimum atomic E-state index is -0.233. The van der Waals surface area contributed by atoms with Gasteiger partial charge >= 0.3 is 0 Å². The Morgan fingerprint density at radius 1 is 1.14 bits per heavy atom. The lowest BCUT2D eigenvalue weighted by Crippen LogP contribution is -2.32. The van der Waals surface area contributed by atoms with Crippen LogP contribution in [0.5, 0.6) is 0 Å². The van der Waals surface area contributed by atoms with Crippen LogP contribution in [0, 0.1) is 0 Å². The van der Waals surface area contributed by atoms with Gasteiger partial charge in [0.2, 0.25) is 5.91 Å². The summed E-state index contributed by atoms with van der Waals surface area (Å²) in [6.07, 6.45) is 2.08. The quantitative estimate of drug-likeness (QED) is 0.709. The maximum atomic E-state index is 12.6. The van der Waals surface area contributed by atoms with Gasteiger partial charge in [0.25, 0.3) is 5.91 Å². The van der Waals surface area contributed by atoms with Crippen molar-refractivity contribution in [2.75, 3.05) is 18.5 Å². The number of anilines is 1. The predicted molar refractivity (Wildman–Crippen MR) is 114 cm³/mol. The summed E-state index contributed by atoms with van der Waals surface area (Å²) in [4.78, 5) is 25.2. The highest BCUT2D eigenvalue weighted by Crippen LogP contribution is 2.21. The van der Waals surface area contributed by atoms with Gasteiger partial charge in [-0.05, 0) is 37.5 Å². The van der Waals surface area contributed by atoms with Crippen LogP contribution in [0.15, 0.2) is 54.6 Å². The summed E-state index contributed by atoms with van der Waals surface area (Å²) in [5.41, 5.74) is 2.18. The van der Waals surface area contributed by atoms with E-state index >= 15 is 0 Å². The summed E-state index contributed by atoms with van der Waals surface area (Å²) in [7, 11) is 0. The average Bonchev–Trinajstić information content (AvgIpc) is 3.25. The molecule has 0 bridgehead atoms. The van der Waals surface area contributed by atoms with Crippen LogP contribution in [0.2, 0.25) is 0 Å². The summed E-state index contributed by atoms with van der Waals surface area (Å²) in [5.74, 6) is 0.454. The summed E-state index contributed by atoms with van der Waals surface area (Å²) >= 11 is 1.57. The molecule has 5 nitrogen and oxygen atoms in total. The first-order valence-corrected chi connectivity index (χ1v) is 10.6. The van der Waals surface area contributed by atoms with Crippen molar-refractivity contribution in [3.8, 4) is 0 Å². The minimum absolute atomic E-state index is 0.0834. The number of carbonyl (C=O) groups is 2. The Kier molecular flexibility index (Phi) is 7.51. The Bertz CT molecular complexity index is 791. The number of nitrogens with one attached hydrogen (secondary N) is 2. The van der Waals surface area contributed by atoms with Gasteiger partial charge in [-0.2, -0.15) is 0 Å². The first-order valence-electron chi connectivity index (χ1n) is 9.58. The van der Waals surface area contributed by atoms with Gasteiger partial charge < -0.3 is 15.4 Å². The minimum Gasteiger partial charge on any atom is -0.376 e. The Morgan fingerprint density at radius 3 is 2.64 bits per heavy atom. The van der Waals surface area contributed by atoms with Crippen LogP contribution >= 0.6 is 11.8 Å². The van der Waals surface area contributed by atoms with Gasteiger partial charge in [0, 0.05) is 18.9 Å². The van der Waals surface area contributed by atoms with E-state index in [9.17, 15) is 9.59 Å². The van der Waals surface area contributed by atoms with E-state index in [1.54, 1.807) is 30.0 Å². The zero-order valence-corrected chi connectivity index (χ0v) is 16.8. The van der Waals surface area contributed by atoms with Crippen LogP contribution in [0.25, 0.3) is 0 Å². The lowest BCUT2D eigenvalue weighted by atomic mass is 10.1. The van der Waals surface area contributed by atoms with Gasteiger partial charge in [-0.1, -0.05) is 42.5 Å². The molecule has 2 N–H and O–H groups in total. The molecule has 28 heavy (non-hydrogen) atoms. The summed E-state index contributed by atoms with van der Waals surface area (Å²) in [6, 6.07) is 17.1. The summed E-state index contributed by atoms with van der Waals surface area (Å²) in [6.45, 7) is 3.12. The monoisotopic (exact) mass is 398 g/mol. The highest BCUT2D eigenvalue weighted by Gasteiger charge is 2.20. The molecule has 6 heteroatoms. The van der Waals surface area contributed by atoms with E-state index in [-0.39, 0.29) is 23.2 Å². The number of ether oxygens (including phenoxy) is 1. The van der Waals surface area contributed by atoms with Crippen LogP contribution < -0.4 is 10.6 Å². The van der Waals surface area contributed by atoms with Crippen LogP contribution in [0.1, 0.15) is 35.7 Å². The maximum absolute atomic E-state index is 12.6. The zero-order valence-electron chi connectivity index (χ0n) is 16.0. The van der Waals surface area contributed by atoms with Crippen molar-refractivity contribution in [3.63, 3.8) is 0 Å². The lowest BCUT2D eigenvalue weighted by Gasteiger charge is -2.16. The molecule has 0 radical (unpaired) electrons. The van der Waals surface area contributed by atoms with Crippen molar-refractivity contribution < 1.29 is 14.3 Å². The standard InChI is InChI=1S/C22H26N2O3S/c1-16(28-15-17-8-3-2-4-9-17)21(25)24-20-12-6-5-11-19(20)22(26)23-14-18-10-7-13-27-18/h2-6,8-9,11-12,16,18H,7,10,13-15H2,1H3,(H,23,26)(H,24,25). The largest absolute Gasteiger partial charge is 0.376 e. The molecule has 0 aromatic heterocycles. The maximum Gasteiger partial charge on any atom is 0.253 e. The fraction of sp³-hybridized carbons (Fsp3) is 0.364. The molecule has 2 amide bonds. The molecule has 0 aliphatic carbocycles. The highest BCUT2D eigenvalue weighted by molar-refractivity contribution is 7.99. The van der Waals surface area contributed by atoms with E-state index < -0.39 is 0 Å². The van der Waals surface area contributed by atoms with Gasteiger partial charge in [-0.25, -0.2) is 0 Å². The Morgan fingerprint density at radius 2 is 1.89 bits per heavy atom. The molecule has 2 aromatic carbocycles. The second-order valence-corrected chi connectivity index (χ2v) is 8.15. The molecule has 2 atom stereocenters. The van der Waals surface area contributed by atoms with Crippen molar-refractivity contribution in [1.29, 1.82) is 0 Å². The second-order valence-electron chi connectivity index (χ2n) is 6.82. The smallest absolute Gasteiger partial charge is 0.253 e. The molecule has 1 fully saturated rings. The van der Waals surface area contributed by atoms with Crippen LogP contribution in [0.3, 0.4) is 0 Å². The molecule has 1 aliphatic heterocycles. The third-order valence-corrected chi connectivity index (χ3v) is 5.87. The third kappa shape index (κ3) is 5.84. The molecule has 1 aliphatic rings. The summed E-state index contributed by atoms with van der Waals surface area (Å²) in [5, 5.41) is 5.58. The number of benzene rings is 2. The van der Waals surface area contributed by atoms with E-state index in [0.717, 1.165) is 25.2 Å². The second kappa shape index (κ2) is 10.3. The molecular formula is C22H26N2O3S. The normalized spacial score (nSPS) is 17.1. The first-order chi connectivity index (χ1) is 13.6. The number of para-hydroxylation sites is 1. The SMILES string of the molecule is CC(SCc1ccccc1)C(=O)Nc1ccccc1C(=O)NCC1CCCO1. The van der Waals surface area contributed by atoms with Crippen molar-refractivity contribution in [1.82, 2.24) is 5.32 Å². The average molecular weight is 399 g/mol. The van der Waals surface area contributed by atoms with E-state index in [2.05, 4.69) is 10.6 Å². The van der Waals surface area contributed by atoms with Crippen LogP contribution in [-0.4, -0.2) is 36.3 Å². The van der Waals surface area contributed by atoms with Crippen molar-refractivity contribution in [3.05, 3.63) is 65.7 Å². The van der Waals surface area contributed by atoms with Crippen molar-refractivity contribution in [2.45, 2.75) is 36.9 Å². The highest BCUT2D eigenvalue weighted by atomic mass is 32.2. The molecule has 1 saturated heterocycles. The molecular weight excluding hydrogens is 372 g/mol. The van der Waals surface area contributed by atoms with E-state index in [0.29, 0.717) is 17.8 Å². The topological polar surface area (TPSA) is 67.4 Å². The van der Waals surface area contributed by atoms with Crippen molar-refractivity contribution in [2.24, 2.45) is 0 Å². The van der Waals surface area contributed by atoms with Gasteiger partial charge in [0.1, 0.15) is 0 Å². The van der Waals surface area contributed by atoms with Gasteiger partial charge in [-0.3, -0.25) is 9.59 Å². The van der Waals surface area contributed by atoms with E-state index in [4.69, 9.17) is 4.74 Å². The van der Waals surface area contributed by atoms with Crippen molar-refractivity contribution >= 4 is 29.3 Å². The van der Waals surface area contributed by atoms with Gasteiger partial charge in [0.15, 0.2) is 0 Å². The Hall–Kier alpha value is -2.31. The van der Waals surface area contributed by atoms with Gasteiger partial charge in [0.05, 0.1) is 22.6 Å². The molecule has 2 aromatic rings. The number of amides is 2. The van der Waals surface area contributed by atoms with E-state index in [1.807, 2.05) is 43.3 Å². The molecule has 0 saturated carbocycles. The summed E-state index contributed by atoms with van der Waals surface area (Å²) < 4.78 is 5.54. The number of hydrogen-bond acceptors (Lipinski definition) is 4. The predicted octanol–water partition coefficient (Wildman–Crippen LogP) is 3.86. The number of carbonyl (C=O) groups excluding carboxylic acids is 2. The molecule has 1 heterocycles. The fourth-order valence-electron chi connectivity index (χ4n) is 3.00. The molecule has 3 rings (SSSR count). The third-order valence-electron chi connectivity index (χ3n) is 4.66. The number of thioether (sulfide) groups is 1. The Balaban J connectivity index is 1.55.